The highest BCUT2D eigenvalue weighted by Gasteiger charge is 2.25. The number of nitrogens with two attached hydrogens (primary N) is 1. The van der Waals surface area contributed by atoms with Crippen molar-refractivity contribution in [3.63, 3.8) is 0 Å². The average molecular weight is 615 g/mol. The summed E-state index contributed by atoms with van der Waals surface area (Å²) in [4.78, 5) is 39.3. The molecule has 0 radical (unpaired) electrons. The normalized spacial score (nSPS) is 11.9. The Morgan fingerprint density at radius 2 is 1.87 bits per heavy atom. The van der Waals surface area contributed by atoms with E-state index in [0.717, 1.165) is 31.7 Å². The van der Waals surface area contributed by atoms with E-state index >= 15 is 0 Å². The van der Waals surface area contributed by atoms with Gasteiger partial charge in [-0.3, -0.25) is 18.8 Å². The van der Waals surface area contributed by atoms with Gasteiger partial charge in [-0.05, 0) is 50.3 Å². The first-order valence-corrected chi connectivity index (χ1v) is 15.2. The van der Waals surface area contributed by atoms with Crippen molar-refractivity contribution in [2.24, 2.45) is 0 Å². The van der Waals surface area contributed by atoms with Gasteiger partial charge in [-0.15, -0.1) is 5.10 Å². The largest absolute Gasteiger partial charge is 0.381 e. The number of fused-ring (bicyclic) bond motifs is 2. The summed E-state index contributed by atoms with van der Waals surface area (Å²) in [6, 6.07) is 15.6. The molecular formula is C34H34N10O2. The van der Waals surface area contributed by atoms with E-state index in [1.54, 1.807) is 37.6 Å². The first-order chi connectivity index (χ1) is 22.4. The van der Waals surface area contributed by atoms with Crippen molar-refractivity contribution in [1.29, 1.82) is 0 Å². The van der Waals surface area contributed by atoms with E-state index in [0.29, 0.717) is 33.6 Å². The van der Waals surface area contributed by atoms with Gasteiger partial charge in [0.1, 0.15) is 11.4 Å². The second-order valence-corrected chi connectivity index (χ2v) is 10.8. The molecule has 0 unspecified atom stereocenters. The molecule has 0 aliphatic heterocycles. The molecule has 232 valence electrons. The number of aromatic nitrogens is 7. The number of hydrogen-bond donors (Lipinski definition) is 2. The van der Waals surface area contributed by atoms with Crippen LogP contribution < -0.4 is 16.6 Å². The number of benzene rings is 2. The van der Waals surface area contributed by atoms with Crippen LogP contribution in [-0.2, 0) is 6.54 Å². The Balaban J connectivity index is 1.37. The Kier molecular flexibility index (Phi) is 8.58. The molecule has 0 aliphatic carbocycles. The number of amides is 1. The van der Waals surface area contributed by atoms with E-state index in [2.05, 4.69) is 51.1 Å². The number of rotatable bonds is 9. The Bertz CT molecular complexity index is 2150. The molecule has 1 amide bonds. The van der Waals surface area contributed by atoms with Crippen molar-refractivity contribution in [1.82, 2.24) is 44.1 Å². The number of likely N-dealkylation sites (N-methyl/N-ethyl adjacent to an activating group) is 1. The Labute approximate surface area is 265 Å². The summed E-state index contributed by atoms with van der Waals surface area (Å²) in [6.45, 7) is 9.70. The van der Waals surface area contributed by atoms with E-state index < -0.39 is 11.9 Å². The van der Waals surface area contributed by atoms with E-state index in [4.69, 9.17) is 10.7 Å². The number of hydrogen-bond acceptors (Lipinski definition) is 8. The van der Waals surface area contributed by atoms with E-state index in [9.17, 15) is 9.59 Å². The number of nitrogens with zero attached hydrogens (tertiary/aromatic N) is 8. The lowest BCUT2D eigenvalue weighted by Gasteiger charge is -2.20. The van der Waals surface area contributed by atoms with Gasteiger partial charge in [0.05, 0.1) is 40.9 Å². The van der Waals surface area contributed by atoms with Crippen LogP contribution in [0.15, 0.2) is 84.2 Å². The monoisotopic (exact) mass is 614 g/mol. The molecule has 0 spiro atoms. The zero-order valence-electron chi connectivity index (χ0n) is 25.9. The highest BCUT2D eigenvalue weighted by atomic mass is 16.2. The van der Waals surface area contributed by atoms with Gasteiger partial charge in [-0.25, -0.2) is 14.5 Å². The van der Waals surface area contributed by atoms with Gasteiger partial charge in [0.25, 0.3) is 11.5 Å². The van der Waals surface area contributed by atoms with Gasteiger partial charge in [0.2, 0.25) is 0 Å². The lowest BCUT2D eigenvalue weighted by Crippen LogP contribution is -2.33. The maximum atomic E-state index is 14.3. The Morgan fingerprint density at radius 3 is 2.65 bits per heavy atom. The van der Waals surface area contributed by atoms with Crippen LogP contribution in [0, 0.1) is 11.8 Å². The van der Waals surface area contributed by atoms with Crippen molar-refractivity contribution in [2.45, 2.75) is 33.4 Å². The fourth-order valence-electron chi connectivity index (χ4n) is 5.40. The molecule has 6 aromatic rings. The first-order valence-electron chi connectivity index (χ1n) is 15.2. The van der Waals surface area contributed by atoms with Crippen molar-refractivity contribution < 1.29 is 4.79 Å². The molecule has 6 rings (SSSR count). The maximum absolute atomic E-state index is 14.3. The highest BCUT2D eigenvalue weighted by molar-refractivity contribution is 6.04. The number of nitrogen functional groups attached to an aromatic ring is 1. The van der Waals surface area contributed by atoms with Crippen molar-refractivity contribution in [2.75, 3.05) is 25.4 Å². The second-order valence-electron chi connectivity index (χ2n) is 10.8. The van der Waals surface area contributed by atoms with Crippen LogP contribution in [0.4, 0.5) is 5.82 Å². The summed E-state index contributed by atoms with van der Waals surface area (Å²) < 4.78 is 4.85. The fraction of sp³-hybridized carbons (Fsp3) is 0.235. The molecule has 1 atom stereocenters. The van der Waals surface area contributed by atoms with Crippen LogP contribution in [0.25, 0.3) is 22.2 Å². The van der Waals surface area contributed by atoms with Crippen LogP contribution in [0.2, 0.25) is 0 Å². The van der Waals surface area contributed by atoms with Gasteiger partial charge < -0.3 is 16.0 Å². The fourth-order valence-corrected chi connectivity index (χ4v) is 5.40. The molecule has 0 aliphatic rings. The lowest BCUT2D eigenvalue weighted by molar-refractivity contribution is 0.0940. The van der Waals surface area contributed by atoms with E-state index in [-0.39, 0.29) is 16.9 Å². The van der Waals surface area contributed by atoms with Crippen LogP contribution >= 0.6 is 0 Å². The molecule has 46 heavy (non-hydrogen) atoms. The quantitative estimate of drug-likeness (QED) is 0.236. The predicted molar refractivity (Wildman–Crippen MR) is 177 cm³/mol. The molecule has 2 aromatic carbocycles. The second kappa shape index (κ2) is 13.1. The third kappa shape index (κ3) is 5.96. The summed E-state index contributed by atoms with van der Waals surface area (Å²) in [5, 5.41) is 12.0. The molecule has 4 aromatic heterocycles. The molecule has 0 saturated carbocycles. The maximum Gasteiger partial charge on any atom is 0.267 e. The number of carbonyl (C=O) groups excluding carboxylic acids is 1. The van der Waals surface area contributed by atoms with E-state index in [1.807, 2.05) is 53.3 Å². The minimum atomic E-state index is -0.695. The molecule has 3 N–H and O–H groups in total. The summed E-state index contributed by atoms with van der Waals surface area (Å²) in [5.74, 6) is 6.26. The topological polar surface area (TPSA) is 141 Å². The first kappa shape index (κ1) is 30.2. The number of carbonyl (C=O) groups is 1. The molecule has 0 bridgehead atoms. The van der Waals surface area contributed by atoms with Crippen LogP contribution in [0.5, 0.6) is 0 Å². The summed E-state index contributed by atoms with van der Waals surface area (Å²) in [5.41, 5.74) is 8.63. The average Bonchev–Trinajstić information content (AvgIpc) is 3.67. The number of para-hydroxylation sites is 1. The van der Waals surface area contributed by atoms with Gasteiger partial charge in [0, 0.05) is 30.7 Å². The van der Waals surface area contributed by atoms with Crippen molar-refractivity contribution in [3.8, 4) is 17.5 Å². The van der Waals surface area contributed by atoms with Crippen LogP contribution in [-0.4, -0.2) is 64.4 Å². The van der Waals surface area contributed by atoms with Gasteiger partial charge in [0.15, 0.2) is 11.5 Å². The van der Waals surface area contributed by atoms with Crippen molar-refractivity contribution >= 4 is 28.3 Å². The van der Waals surface area contributed by atoms with Crippen molar-refractivity contribution in [3.05, 3.63) is 112 Å². The molecule has 12 nitrogen and oxygen atoms in total. The summed E-state index contributed by atoms with van der Waals surface area (Å²) >= 11 is 0. The van der Waals surface area contributed by atoms with Gasteiger partial charge in [-0.2, -0.15) is 5.10 Å². The van der Waals surface area contributed by atoms with Gasteiger partial charge >= 0.3 is 0 Å². The molecule has 4 heterocycles. The smallest absolute Gasteiger partial charge is 0.267 e. The number of anilines is 1. The SMILES string of the molecule is CCN(CC)CCn1cc(C#Cc2cccc3nc([C@H](C)NC(=O)c4c(N)nn5cccnc45)n(-c4ccccc4)c(=O)c23)cn1. The summed E-state index contributed by atoms with van der Waals surface area (Å²) in [6.07, 6.45) is 6.87. The highest BCUT2D eigenvalue weighted by Crippen LogP contribution is 2.22. The summed E-state index contributed by atoms with van der Waals surface area (Å²) in [7, 11) is 0. The third-order valence-corrected chi connectivity index (χ3v) is 7.84. The standard InChI is InChI=1S/C34H34N10O2/c1-4-41(5-2)19-20-42-22-24(21-37-42)15-16-25-11-9-14-27-28(25)34(46)44(26-12-7-6-8-13-26)31(39-27)23(3)38-33(45)29-30(35)40-43-18-10-17-36-32(29)43/h6-14,17-18,21-23H,4-5,19-20H2,1-3H3,(H2,35,40)(H,38,45)/t23-/m0/s1. The minimum Gasteiger partial charge on any atom is -0.381 e. The van der Waals surface area contributed by atoms with E-state index in [1.165, 1.54) is 9.08 Å². The van der Waals surface area contributed by atoms with Gasteiger partial charge in [-0.1, -0.05) is 50.0 Å². The minimum absolute atomic E-state index is 0.0490. The zero-order chi connectivity index (χ0) is 32.2. The van der Waals surface area contributed by atoms with Crippen LogP contribution in [0.1, 0.15) is 54.1 Å². The number of nitrogens with one attached hydrogen (secondary N) is 1. The van der Waals surface area contributed by atoms with Crippen LogP contribution in [0.3, 0.4) is 0 Å². The lowest BCUT2D eigenvalue weighted by atomic mass is 10.1. The molecular weight excluding hydrogens is 580 g/mol. The molecule has 0 fully saturated rings. The Morgan fingerprint density at radius 1 is 1.07 bits per heavy atom. The molecule has 0 saturated heterocycles. The third-order valence-electron chi connectivity index (χ3n) is 7.84. The molecule has 12 heteroatoms. The zero-order valence-corrected chi connectivity index (χ0v) is 25.9. The predicted octanol–water partition coefficient (Wildman–Crippen LogP) is 3.44. The Hall–Kier alpha value is -5.80.